The van der Waals surface area contributed by atoms with E-state index in [9.17, 15) is 9.18 Å². The van der Waals surface area contributed by atoms with Gasteiger partial charge in [0.1, 0.15) is 5.82 Å². The van der Waals surface area contributed by atoms with Crippen LogP contribution in [0.4, 0.5) is 16.0 Å². The highest BCUT2D eigenvalue weighted by atomic mass is 19.1. The Balaban J connectivity index is 1.97. The molecule has 1 aliphatic rings. The van der Waals surface area contributed by atoms with Gasteiger partial charge in [0.15, 0.2) is 11.6 Å². The number of hydrogen-bond acceptors (Lipinski definition) is 5. The fourth-order valence-corrected chi connectivity index (χ4v) is 3.94. The molecule has 0 radical (unpaired) electrons. The number of rotatable bonds is 10. The van der Waals surface area contributed by atoms with Crippen LogP contribution < -0.4 is 16.4 Å². The number of amides is 1. The Morgan fingerprint density at radius 1 is 1.39 bits per heavy atom. The maximum Gasteiger partial charge on any atom is 0.252 e. The van der Waals surface area contributed by atoms with Gasteiger partial charge in [-0.3, -0.25) is 9.48 Å². The molecule has 1 unspecified atom stereocenters. The highest BCUT2D eigenvalue weighted by Crippen LogP contribution is 2.33. The van der Waals surface area contributed by atoms with Crippen LogP contribution in [0.2, 0.25) is 0 Å². The van der Waals surface area contributed by atoms with Crippen molar-refractivity contribution in [3.05, 3.63) is 47.6 Å². The van der Waals surface area contributed by atoms with Crippen LogP contribution in [0, 0.1) is 11.7 Å². The Hall–Kier alpha value is -3.16. The molecule has 1 aliphatic carbocycles. The molecule has 1 amide bonds. The molecule has 0 saturated heterocycles. The third kappa shape index (κ3) is 4.62. The highest BCUT2D eigenvalue weighted by molar-refractivity contribution is 5.99. The van der Waals surface area contributed by atoms with Gasteiger partial charge >= 0.3 is 0 Å². The molecule has 3 rings (SSSR count). The van der Waals surface area contributed by atoms with Crippen molar-refractivity contribution >= 4 is 29.3 Å². The number of halogens is 1. The van der Waals surface area contributed by atoms with Gasteiger partial charge in [0.25, 0.3) is 5.91 Å². The van der Waals surface area contributed by atoms with E-state index in [1.54, 1.807) is 12.3 Å². The summed E-state index contributed by atoms with van der Waals surface area (Å²) < 4.78 is 16.6. The van der Waals surface area contributed by atoms with Crippen LogP contribution in [0.3, 0.4) is 0 Å². The molecule has 0 spiro atoms. The standard InChI is InChI=1S/C23H31FN6O/c1-5-18(14-10-9-11-14)27-23-17(24)12-15(21(25)31)22(29-23)28-19(6-2)16-13-26-30(8-4)20(16)7-3/h6-7,12-14,18H,3,5,8-11H2,1-2,4H3,(H2,25,31)(H2,27,28,29)/b19-6+. The molecule has 2 heterocycles. The second kappa shape index (κ2) is 9.76. The van der Waals surface area contributed by atoms with Crippen LogP contribution in [-0.2, 0) is 6.54 Å². The zero-order chi connectivity index (χ0) is 22.5. The molecule has 0 bridgehead atoms. The molecule has 2 aromatic rings. The van der Waals surface area contributed by atoms with Crippen molar-refractivity contribution in [2.24, 2.45) is 11.7 Å². The van der Waals surface area contributed by atoms with Gasteiger partial charge in [-0.1, -0.05) is 26.0 Å². The molecule has 0 aromatic carbocycles. The number of nitrogens with two attached hydrogens (primary N) is 1. The number of pyridine rings is 1. The van der Waals surface area contributed by atoms with Crippen molar-refractivity contribution in [1.29, 1.82) is 0 Å². The predicted molar refractivity (Wildman–Crippen MR) is 123 cm³/mol. The van der Waals surface area contributed by atoms with Crippen molar-refractivity contribution in [3.63, 3.8) is 0 Å². The number of nitrogens with one attached hydrogen (secondary N) is 2. The van der Waals surface area contributed by atoms with E-state index in [0.717, 1.165) is 36.6 Å². The molecule has 1 saturated carbocycles. The van der Waals surface area contributed by atoms with Gasteiger partial charge in [0, 0.05) is 23.8 Å². The van der Waals surface area contributed by atoms with Crippen molar-refractivity contribution in [2.75, 3.05) is 10.6 Å². The van der Waals surface area contributed by atoms with Crippen LogP contribution >= 0.6 is 0 Å². The fraction of sp³-hybridized carbons (Fsp3) is 0.435. The average Bonchev–Trinajstić information content (AvgIpc) is 3.14. The number of allylic oxidation sites excluding steroid dienone is 1. The highest BCUT2D eigenvalue weighted by Gasteiger charge is 2.27. The number of carbonyl (C=O) groups excluding carboxylic acids is 1. The minimum Gasteiger partial charge on any atom is -0.365 e. The smallest absolute Gasteiger partial charge is 0.252 e. The van der Waals surface area contributed by atoms with Gasteiger partial charge in [-0.15, -0.1) is 0 Å². The summed E-state index contributed by atoms with van der Waals surface area (Å²) in [5, 5.41) is 10.8. The minimum atomic E-state index is -0.755. The summed E-state index contributed by atoms with van der Waals surface area (Å²) in [7, 11) is 0. The lowest BCUT2D eigenvalue weighted by atomic mass is 9.79. The SMILES string of the molecule is C=Cc1c(/C(=C\C)Nc2nc(NC(CC)C3CCC3)c(F)cc2C(N)=O)cnn1CC. The first-order valence-electron chi connectivity index (χ1n) is 10.8. The van der Waals surface area contributed by atoms with Crippen molar-refractivity contribution in [3.8, 4) is 0 Å². The van der Waals surface area contributed by atoms with E-state index in [0.29, 0.717) is 18.2 Å². The van der Waals surface area contributed by atoms with Gasteiger partial charge in [-0.05, 0) is 51.2 Å². The maximum atomic E-state index is 14.8. The molecular weight excluding hydrogens is 395 g/mol. The van der Waals surface area contributed by atoms with Crippen LogP contribution in [0.5, 0.6) is 0 Å². The van der Waals surface area contributed by atoms with Crippen molar-refractivity contribution in [2.45, 2.75) is 59.0 Å². The largest absolute Gasteiger partial charge is 0.365 e. The topological polar surface area (TPSA) is 97.9 Å². The molecule has 31 heavy (non-hydrogen) atoms. The minimum absolute atomic E-state index is 0.0119. The number of aromatic nitrogens is 3. The summed E-state index contributed by atoms with van der Waals surface area (Å²) in [4.78, 5) is 16.4. The molecule has 1 fully saturated rings. The Morgan fingerprint density at radius 3 is 2.65 bits per heavy atom. The molecule has 1 atom stereocenters. The van der Waals surface area contributed by atoms with E-state index in [4.69, 9.17) is 5.73 Å². The second-order valence-corrected chi connectivity index (χ2v) is 7.72. The zero-order valence-electron chi connectivity index (χ0n) is 18.4. The number of hydrogen-bond donors (Lipinski definition) is 3. The van der Waals surface area contributed by atoms with Gasteiger partial charge in [0.2, 0.25) is 0 Å². The molecular formula is C23H31FN6O. The van der Waals surface area contributed by atoms with E-state index < -0.39 is 11.7 Å². The molecule has 166 valence electrons. The summed E-state index contributed by atoms with van der Waals surface area (Å²) in [6, 6.07) is 1.28. The van der Waals surface area contributed by atoms with Gasteiger partial charge in [-0.25, -0.2) is 9.37 Å². The summed E-state index contributed by atoms with van der Waals surface area (Å²) >= 11 is 0. The van der Waals surface area contributed by atoms with Crippen LogP contribution in [-0.4, -0.2) is 26.7 Å². The zero-order valence-corrected chi connectivity index (χ0v) is 18.4. The Bertz CT molecular complexity index is 992. The van der Waals surface area contributed by atoms with E-state index in [1.165, 1.54) is 6.42 Å². The third-order valence-corrected chi connectivity index (χ3v) is 5.93. The van der Waals surface area contributed by atoms with Crippen molar-refractivity contribution in [1.82, 2.24) is 14.8 Å². The quantitative estimate of drug-likeness (QED) is 0.514. The summed E-state index contributed by atoms with van der Waals surface area (Å²) in [5.41, 5.74) is 7.82. The van der Waals surface area contributed by atoms with Gasteiger partial charge in [-0.2, -0.15) is 5.10 Å². The van der Waals surface area contributed by atoms with E-state index in [2.05, 4.69) is 34.2 Å². The number of primary amides is 1. The molecule has 2 aromatic heterocycles. The summed E-state index contributed by atoms with van der Waals surface area (Å²) in [6.45, 7) is 10.5. The first-order valence-corrected chi connectivity index (χ1v) is 10.8. The molecule has 8 heteroatoms. The number of anilines is 2. The Kier molecular flexibility index (Phi) is 7.09. The Labute approximate surface area is 182 Å². The maximum absolute atomic E-state index is 14.8. The molecule has 7 nitrogen and oxygen atoms in total. The number of aryl methyl sites for hydroxylation is 1. The predicted octanol–water partition coefficient (Wildman–Crippen LogP) is 4.64. The second-order valence-electron chi connectivity index (χ2n) is 7.72. The molecule has 0 aliphatic heterocycles. The summed E-state index contributed by atoms with van der Waals surface area (Å²) in [6.07, 6.45) is 9.62. The first-order chi connectivity index (χ1) is 14.9. The fourth-order valence-electron chi connectivity index (χ4n) is 3.94. The van der Waals surface area contributed by atoms with Crippen LogP contribution in [0.1, 0.15) is 68.1 Å². The Morgan fingerprint density at radius 2 is 2.13 bits per heavy atom. The average molecular weight is 427 g/mol. The van der Waals surface area contributed by atoms with Crippen LogP contribution in [0.25, 0.3) is 11.8 Å². The van der Waals surface area contributed by atoms with Gasteiger partial charge in [0.05, 0.1) is 17.5 Å². The van der Waals surface area contributed by atoms with Crippen LogP contribution in [0.15, 0.2) is 24.9 Å². The van der Waals surface area contributed by atoms with E-state index >= 15 is 0 Å². The first kappa shape index (κ1) is 22.5. The normalized spacial score (nSPS) is 15.3. The van der Waals surface area contributed by atoms with Gasteiger partial charge < -0.3 is 16.4 Å². The summed E-state index contributed by atoms with van der Waals surface area (Å²) in [5.74, 6) is -0.512. The third-order valence-electron chi connectivity index (χ3n) is 5.93. The monoisotopic (exact) mass is 426 g/mol. The number of nitrogens with zero attached hydrogens (tertiary/aromatic N) is 3. The number of carbonyl (C=O) groups is 1. The lowest BCUT2D eigenvalue weighted by molar-refractivity contribution is 0.100. The van der Waals surface area contributed by atoms with E-state index in [-0.39, 0.29) is 23.2 Å². The molecule has 4 N–H and O–H groups in total. The van der Waals surface area contributed by atoms with Crippen molar-refractivity contribution < 1.29 is 9.18 Å². The lowest BCUT2D eigenvalue weighted by Gasteiger charge is -2.34. The van der Waals surface area contributed by atoms with E-state index in [1.807, 2.05) is 24.6 Å². The lowest BCUT2D eigenvalue weighted by Crippen LogP contribution is -2.33.